The normalized spacial score (nSPS) is 10.8. The summed E-state index contributed by atoms with van der Waals surface area (Å²) in [4.78, 5) is 3.20. The fourth-order valence-corrected chi connectivity index (χ4v) is 1.94. The molecule has 0 fully saturated rings. The van der Waals surface area contributed by atoms with Crippen molar-refractivity contribution in [3.8, 4) is 0 Å². The van der Waals surface area contributed by atoms with Gasteiger partial charge in [-0.25, -0.2) is 4.57 Å². The lowest BCUT2D eigenvalue weighted by atomic mass is 10.2. The van der Waals surface area contributed by atoms with Crippen LogP contribution >= 0.6 is 0 Å². The third-order valence-electron chi connectivity index (χ3n) is 2.76. The highest BCUT2D eigenvalue weighted by molar-refractivity contribution is 5.76. The first-order valence-electron chi connectivity index (χ1n) is 5.42. The van der Waals surface area contributed by atoms with E-state index in [4.69, 9.17) is 0 Å². The van der Waals surface area contributed by atoms with Gasteiger partial charge in [-0.3, -0.25) is 0 Å². The number of fused-ring (bicyclic) bond motifs is 1. The van der Waals surface area contributed by atoms with Gasteiger partial charge in [-0.2, -0.15) is 0 Å². The highest BCUT2D eigenvalue weighted by Gasteiger charge is 2.04. The second-order valence-corrected chi connectivity index (χ2v) is 3.95. The Labute approximate surface area is 94.2 Å². The number of nitrogens with one attached hydrogen (secondary N) is 1. The van der Waals surface area contributed by atoms with E-state index in [9.17, 15) is 0 Å². The fraction of sp³-hybridized carbons (Fsp3) is 0.0714. The quantitative estimate of drug-likeness (QED) is 0.626. The molecular weight excluding hydrogens is 196 g/mol. The molecule has 3 aromatic rings. The number of H-pyrrole nitrogens is 1. The van der Waals surface area contributed by atoms with Crippen LogP contribution in [0.25, 0.3) is 10.9 Å². The average Bonchev–Trinajstić information content (AvgIpc) is 2.77. The van der Waals surface area contributed by atoms with Crippen molar-refractivity contribution in [2.24, 2.45) is 0 Å². The maximum Gasteiger partial charge on any atom is 0.178 e. The van der Waals surface area contributed by atoms with Crippen molar-refractivity contribution >= 4 is 10.9 Å². The Morgan fingerprint density at radius 2 is 1.88 bits per heavy atom. The van der Waals surface area contributed by atoms with E-state index in [0.717, 1.165) is 6.54 Å². The van der Waals surface area contributed by atoms with Crippen molar-refractivity contribution in [3.63, 3.8) is 0 Å². The molecule has 0 aliphatic heterocycles. The van der Waals surface area contributed by atoms with Crippen molar-refractivity contribution in [2.75, 3.05) is 0 Å². The summed E-state index contributed by atoms with van der Waals surface area (Å²) in [6, 6.07) is 14.7. The van der Waals surface area contributed by atoms with Crippen LogP contribution in [-0.4, -0.2) is 4.98 Å². The van der Waals surface area contributed by atoms with E-state index < -0.39 is 0 Å². The number of aromatic nitrogens is 2. The number of nitrogens with zero attached hydrogens (tertiary/aromatic N) is 1. The molecule has 0 unspecified atom stereocenters. The molecule has 0 saturated heterocycles. The van der Waals surface area contributed by atoms with Gasteiger partial charge in [0.2, 0.25) is 0 Å². The molecule has 3 rings (SSSR count). The lowest BCUT2D eigenvalue weighted by Gasteiger charge is -1.97. The number of hydrogen-bond donors (Lipinski definition) is 1. The van der Waals surface area contributed by atoms with Gasteiger partial charge >= 0.3 is 0 Å². The predicted octanol–water partition coefficient (Wildman–Crippen LogP) is 2.50. The van der Waals surface area contributed by atoms with Crippen LogP contribution in [0.15, 0.2) is 61.1 Å². The van der Waals surface area contributed by atoms with Crippen LogP contribution in [0.4, 0.5) is 0 Å². The molecule has 2 aromatic heterocycles. The van der Waals surface area contributed by atoms with Crippen LogP contribution < -0.4 is 4.57 Å². The van der Waals surface area contributed by atoms with Crippen LogP contribution in [0.3, 0.4) is 0 Å². The summed E-state index contributed by atoms with van der Waals surface area (Å²) in [6.45, 7) is 0.919. The first-order valence-corrected chi connectivity index (χ1v) is 5.42. The molecule has 2 heterocycles. The molecule has 0 amide bonds. The number of benzene rings is 1. The van der Waals surface area contributed by atoms with Crippen LogP contribution in [-0.2, 0) is 6.54 Å². The molecule has 0 aliphatic rings. The van der Waals surface area contributed by atoms with Gasteiger partial charge in [0.15, 0.2) is 18.9 Å². The number of pyridine rings is 1. The maximum atomic E-state index is 3.20. The monoisotopic (exact) mass is 209 g/mol. The van der Waals surface area contributed by atoms with E-state index in [-0.39, 0.29) is 0 Å². The Morgan fingerprint density at radius 1 is 1.00 bits per heavy atom. The summed E-state index contributed by atoms with van der Waals surface area (Å²) in [7, 11) is 0. The Bertz CT molecular complexity index is 596. The van der Waals surface area contributed by atoms with Gasteiger partial charge in [-0.05, 0) is 6.07 Å². The largest absolute Gasteiger partial charge is 0.361 e. The first-order chi connectivity index (χ1) is 7.92. The van der Waals surface area contributed by atoms with Crippen LogP contribution in [0.1, 0.15) is 5.56 Å². The lowest BCUT2D eigenvalue weighted by molar-refractivity contribution is -0.687. The van der Waals surface area contributed by atoms with Gasteiger partial charge in [0.25, 0.3) is 0 Å². The summed E-state index contributed by atoms with van der Waals surface area (Å²) in [5.41, 5.74) is 2.51. The molecule has 0 spiro atoms. The van der Waals surface area contributed by atoms with Crippen LogP contribution in [0, 0.1) is 0 Å². The lowest BCUT2D eigenvalue weighted by Crippen LogP contribution is -2.32. The molecule has 0 radical (unpaired) electrons. The van der Waals surface area contributed by atoms with Gasteiger partial charge in [0.05, 0.1) is 10.9 Å². The summed E-state index contributed by atoms with van der Waals surface area (Å²) in [5, 5.41) is 1.25. The zero-order valence-electron chi connectivity index (χ0n) is 8.93. The molecule has 1 aromatic carbocycles. The zero-order valence-corrected chi connectivity index (χ0v) is 8.93. The van der Waals surface area contributed by atoms with Crippen molar-refractivity contribution in [1.82, 2.24) is 4.98 Å². The highest BCUT2D eigenvalue weighted by Crippen LogP contribution is 2.08. The van der Waals surface area contributed by atoms with E-state index in [0.29, 0.717) is 0 Å². The molecule has 2 nitrogen and oxygen atoms in total. The van der Waals surface area contributed by atoms with E-state index in [1.54, 1.807) is 0 Å². The van der Waals surface area contributed by atoms with Crippen molar-refractivity contribution in [2.45, 2.75) is 6.54 Å². The van der Waals surface area contributed by atoms with Crippen molar-refractivity contribution < 1.29 is 4.57 Å². The fourth-order valence-electron chi connectivity index (χ4n) is 1.94. The standard InChI is InChI=1S/C14H12N2/c1-2-4-12(5-3-1)10-16-9-7-14-13(11-16)6-8-15-14/h1-9,11H,10H2/p+1. The Morgan fingerprint density at radius 3 is 2.75 bits per heavy atom. The second-order valence-electron chi connectivity index (χ2n) is 3.95. The van der Waals surface area contributed by atoms with E-state index in [2.05, 4.69) is 58.3 Å². The van der Waals surface area contributed by atoms with Gasteiger partial charge < -0.3 is 4.98 Å². The SMILES string of the molecule is c1ccc(C[n+]2ccc3[nH]ccc3c2)cc1. The molecular formula is C14H13N2+. The Hall–Kier alpha value is -2.09. The van der Waals surface area contributed by atoms with E-state index >= 15 is 0 Å². The molecule has 78 valence electrons. The summed E-state index contributed by atoms with van der Waals surface area (Å²) >= 11 is 0. The van der Waals surface area contributed by atoms with E-state index in [1.807, 2.05) is 12.3 Å². The average molecular weight is 209 g/mol. The van der Waals surface area contributed by atoms with Crippen molar-refractivity contribution in [1.29, 1.82) is 0 Å². The number of hydrogen-bond acceptors (Lipinski definition) is 0. The molecule has 2 heteroatoms. The van der Waals surface area contributed by atoms with Crippen LogP contribution in [0.2, 0.25) is 0 Å². The van der Waals surface area contributed by atoms with Gasteiger partial charge in [-0.1, -0.05) is 30.3 Å². The summed E-state index contributed by atoms with van der Waals surface area (Å²) in [6.07, 6.45) is 6.24. The second kappa shape index (κ2) is 3.81. The molecule has 0 bridgehead atoms. The Kier molecular flexibility index (Phi) is 2.18. The van der Waals surface area contributed by atoms with E-state index in [1.165, 1.54) is 16.5 Å². The van der Waals surface area contributed by atoms with Gasteiger partial charge in [-0.15, -0.1) is 0 Å². The van der Waals surface area contributed by atoms with Crippen LogP contribution in [0.5, 0.6) is 0 Å². The first kappa shape index (κ1) is 9.16. The zero-order chi connectivity index (χ0) is 10.8. The Balaban J connectivity index is 1.94. The minimum absolute atomic E-state index is 0.919. The highest BCUT2D eigenvalue weighted by atomic mass is 14.9. The van der Waals surface area contributed by atoms with Crippen molar-refractivity contribution in [3.05, 3.63) is 66.6 Å². The minimum atomic E-state index is 0.919. The topological polar surface area (TPSA) is 19.7 Å². The van der Waals surface area contributed by atoms with Gasteiger partial charge in [0, 0.05) is 17.8 Å². The predicted molar refractivity (Wildman–Crippen MR) is 64.0 cm³/mol. The third-order valence-corrected chi connectivity index (χ3v) is 2.76. The van der Waals surface area contributed by atoms with Gasteiger partial charge in [0.1, 0.15) is 0 Å². The molecule has 16 heavy (non-hydrogen) atoms. The summed E-state index contributed by atoms with van der Waals surface area (Å²) < 4.78 is 2.20. The molecule has 0 saturated carbocycles. The molecule has 0 atom stereocenters. The number of aromatic amines is 1. The maximum absolute atomic E-state index is 3.20. The molecule has 0 aliphatic carbocycles. The summed E-state index contributed by atoms with van der Waals surface area (Å²) in [5.74, 6) is 0. The smallest absolute Gasteiger partial charge is 0.178 e. The minimum Gasteiger partial charge on any atom is -0.361 e. The molecule has 1 N–H and O–H groups in total. The number of rotatable bonds is 2. The third kappa shape index (κ3) is 1.70.